The zero-order valence-corrected chi connectivity index (χ0v) is 11.9. The Kier molecular flexibility index (Phi) is 3.69. The van der Waals surface area contributed by atoms with Gasteiger partial charge in [0.25, 0.3) is 0 Å². The van der Waals surface area contributed by atoms with Crippen molar-refractivity contribution < 1.29 is 14.3 Å². The molecule has 0 aliphatic heterocycles. The lowest BCUT2D eigenvalue weighted by Gasteiger charge is -2.10. The van der Waals surface area contributed by atoms with Gasteiger partial charge in [-0.15, -0.1) is 0 Å². The lowest BCUT2D eigenvalue weighted by atomic mass is 10.1. The highest BCUT2D eigenvalue weighted by atomic mass is 16.5. The lowest BCUT2D eigenvalue weighted by molar-refractivity contribution is -0.123. The van der Waals surface area contributed by atoms with Gasteiger partial charge in [-0.05, 0) is 29.5 Å². The first kappa shape index (κ1) is 13.7. The van der Waals surface area contributed by atoms with E-state index >= 15 is 0 Å². The van der Waals surface area contributed by atoms with Crippen LogP contribution in [0.2, 0.25) is 0 Å². The first-order valence-electron chi connectivity index (χ1n) is 6.46. The van der Waals surface area contributed by atoms with Crippen LogP contribution < -0.4 is 14.8 Å². The van der Waals surface area contributed by atoms with Crippen LogP contribution in [-0.2, 0) is 11.3 Å². The number of hydrogen-bond donors (Lipinski definition) is 1. The number of rotatable bonds is 5. The molecule has 1 saturated carbocycles. The molecule has 1 N–H and O–H groups in total. The quantitative estimate of drug-likeness (QED) is 0.887. The normalized spacial score (nSPS) is 19.7. The number of hydrogen-bond acceptors (Lipinski definition) is 3. The molecule has 104 valence electrons. The van der Waals surface area contributed by atoms with Gasteiger partial charge in [0, 0.05) is 12.5 Å². The van der Waals surface area contributed by atoms with Crippen LogP contribution >= 0.6 is 0 Å². The van der Waals surface area contributed by atoms with Crippen LogP contribution in [0.25, 0.3) is 0 Å². The molecule has 1 aliphatic rings. The van der Waals surface area contributed by atoms with E-state index in [1.54, 1.807) is 14.2 Å². The van der Waals surface area contributed by atoms with Gasteiger partial charge in [0.15, 0.2) is 11.5 Å². The molecular formula is C15H21NO3. The molecule has 19 heavy (non-hydrogen) atoms. The SMILES string of the molecule is COc1ccc(CNC(=O)[C@H]2CC2(C)C)cc1OC. The summed E-state index contributed by atoms with van der Waals surface area (Å²) in [5, 5.41) is 2.97. The van der Waals surface area contributed by atoms with E-state index in [4.69, 9.17) is 9.47 Å². The molecule has 1 aromatic carbocycles. The molecule has 0 saturated heterocycles. The summed E-state index contributed by atoms with van der Waals surface area (Å²) in [5.41, 5.74) is 1.17. The van der Waals surface area contributed by atoms with Crippen LogP contribution in [0.15, 0.2) is 18.2 Å². The summed E-state index contributed by atoms with van der Waals surface area (Å²) in [5.74, 6) is 1.68. The maximum atomic E-state index is 11.9. The summed E-state index contributed by atoms with van der Waals surface area (Å²) >= 11 is 0. The van der Waals surface area contributed by atoms with E-state index in [2.05, 4.69) is 19.2 Å². The molecule has 1 atom stereocenters. The number of carbonyl (C=O) groups is 1. The van der Waals surface area contributed by atoms with Gasteiger partial charge < -0.3 is 14.8 Å². The third-order valence-corrected chi connectivity index (χ3v) is 3.74. The third-order valence-electron chi connectivity index (χ3n) is 3.74. The number of benzene rings is 1. The van der Waals surface area contributed by atoms with Gasteiger partial charge in [0.2, 0.25) is 5.91 Å². The third kappa shape index (κ3) is 3.00. The Bertz CT molecular complexity index is 482. The second-order valence-electron chi connectivity index (χ2n) is 5.65. The molecule has 0 aromatic heterocycles. The van der Waals surface area contributed by atoms with E-state index in [9.17, 15) is 4.79 Å². The van der Waals surface area contributed by atoms with E-state index in [-0.39, 0.29) is 17.2 Å². The number of amides is 1. The van der Waals surface area contributed by atoms with Gasteiger partial charge in [-0.3, -0.25) is 4.79 Å². The molecule has 0 bridgehead atoms. The van der Waals surface area contributed by atoms with Crippen LogP contribution in [0.3, 0.4) is 0 Å². The Balaban J connectivity index is 1.95. The fraction of sp³-hybridized carbons (Fsp3) is 0.533. The highest BCUT2D eigenvalue weighted by Crippen LogP contribution is 2.51. The van der Waals surface area contributed by atoms with E-state index in [0.29, 0.717) is 18.0 Å². The summed E-state index contributed by atoms with van der Waals surface area (Å²) < 4.78 is 10.4. The predicted octanol–water partition coefficient (Wildman–Crippen LogP) is 2.37. The highest BCUT2D eigenvalue weighted by molar-refractivity contribution is 5.82. The van der Waals surface area contributed by atoms with Crippen molar-refractivity contribution in [3.05, 3.63) is 23.8 Å². The Morgan fingerprint density at radius 3 is 2.47 bits per heavy atom. The number of ether oxygens (including phenoxy) is 2. The number of methoxy groups -OCH3 is 2. The molecule has 4 nitrogen and oxygen atoms in total. The zero-order valence-electron chi connectivity index (χ0n) is 11.9. The average molecular weight is 263 g/mol. The minimum absolute atomic E-state index is 0.139. The molecule has 0 spiro atoms. The molecule has 4 heteroatoms. The number of nitrogens with one attached hydrogen (secondary N) is 1. The molecule has 0 unspecified atom stereocenters. The van der Waals surface area contributed by atoms with Crippen LogP contribution in [-0.4, -0.2) is 20.1 Å². The van der Waals surface area contributed by atoms with Crippen molar-refractivity contribution in [1.29, 1.82) is 0 Å². The van der Waals surface area contributed by atoms with E-state index in [0.717, 1.165) is 12.0 Å². The standard InChI is InChI=1S/C15H21NO3/c1-15(2)8-11(15)14(17)16-9-10-5-6-12(18-3)13(7-10)19-4/h5-7,11H,8-9H2,1-4H3,(H,16,17)/t11-/m1/s1. The minimum atomic E-state index is 0.139. The van der Waals surface area contributed by atoms with E-state index in [1.807, 2.05) is 18.2 Å². The van der Waals surface area contributed by atoms with Gasteiger partial charge in [0.1, 0.15) is 0 Å². The van der Waals surface area contributed by atoms with Crippen LogP contribution in [0.5, 0.6) is 11.5 Å². The Morgan fingerprint density at radius 2 is 1.95 bits per heavy atom. The van der Waals surface area contributed by atoms with Gasteiger partial charge in [-0.2, -0.15) is 0 Å². The smallest absolute Gasteiger partial charge is 0.223 e. The topological polar surface area (TPSA) is 47.6 Å². The van der Waals surface area contributed by atoms with Gasteiger partial charge in [-0.1, -0.05) is 19.9 Å². The maximum Gasteiger partial charge on any atom is 0.223 e. The monoisotopic (exact) mass is 263 g/mol. The van der Waals surface area contributed by atoms with E-state index in [1.165, 1.54) is 0 Å². The fourth-order valence-corrected chi connectivity index (χ4v) is 2.22. The van der Waals surface area contributed by atoms with Crippen LogP contribution in [0.4, 0.5) is 0 Å². The second-order valence-corrected chi connectivity index (χ2v) is 5.65. The molecule has 1 amide bonds. The predicted molar refractivity (Wildman–Crippen MR) is 73.3 cm³/mol. The van der Waals surface area contributed by atoms with Crippen molar-refractivity contribution in [1.82, 2.24) is 5.32 Å². The Morgan fingerprint density at radius 1 is 1.32 bits per heavy atom. The summed E-state index contributed by atoms with van der Waals surface area (Å²) in [6, 6.07) is 5.66. The Labute approximate surface area is 114 Å². The van der Waals surface area contributed by atoms with Crippen molar-refractivity contribution in [2.24, 2.45) is 11.3 Å². The van der Waals surface area contributed by atoms with Crippen molar-refractivity contribution in [2.45, 2.75) is 26.8 Å². The van der Waals surface area contributed by atoms with Gasteiger partial charge in [-0.25, -0.2) is 0 Å². The largest absolute Gasteiger partial charge is 0.493 e. The summed E-state index contributed by atoms with van der Waals surface area (Å²) in [6.45, 7) is 4.76. The fourth-order valence-electron chi connectivity index (χ4n) is 2.22. The van der Waals surface area contributed by atoms with E-state index < -0.39 is 0 Å². The van der Waals surface area contributed by atoms with Crippen molar-refractivity contribution >= 4 is 5.91 Å². The van der Waals surface area contributed by atoms with Crippen molar-refractivity contribution in [2.75, 3.05) is 14.2 Å². The van der Waals surface area contributed by atoms with Crippen LogP contribution in [0, 0.1) is 11.3 Å². The Hall–Kier alpha value is -1.71. The van der Waals surface area contributed by atoms with Crippen molar-refractivity contribution in [3.63, 3.8) is 0 Å². The average Bonchev–Trinajstić information content (AvgIpc) is 3.04. The van der Waals surface area contributed by atoms with Gasteiger partial charge in [0.05, 0.1) is 14.2 Å². The first-order valence-corrected chi connectivity index (χ1v) is 6.46. The lowest BCUT2D eigenvalue weighted by Crippen LogP contribution is -2.26. The first-order chi connectivity index (χ1) is 8.97. The molecule has 1 aromatic rings. The molecule has 0 heterocycles. The second kappa shape index (κ2) is 5.11. The minimum Gasteiger partial charge on any atom is -0.493 e. The molecule has 1 aliphatic carbocycles. The maximum absolute atomic E-state index is 11.9. The molecule has 1 fully saturated rings. The number of carbonyl (C=O) groups excluding carboxylic acids is 1. The molecular weight excluding hydrogens is 242 g/mol. The molecule has 0 radical (unpaired) electrons. The van der Waals surface area contributed by atoms with Crippen molar-refractivity contribution in [3.8, 4) is 11.5 Å². The summed E-state index contributed by atoms with van der Waals surface area (Å²) in [6.07, 6.45) is 0.977. The summed E-state index contributed by atoms with van der Waals surface area (Å²) in [7, 11) is 3.21. The highest BCUT2D eigenvalue weighted by Gasteiger charge is 2.50. The van der Waals surface area contributed by atoms with Gasteiger partial charge >= 0.3 is 0 Å². The van der Waals surface area contributed by atoms with Crippen LogP contribution in [0.1, 0.15) is 25.8 Å². The zero-order chi connectivity index (χ0) is 14.0. The summed E-state index contributed by atoms with van der Waals surface area (Å²) in [4.78, 5) is 11.9. The molecule has 2 rings (SSSR count).